The molecule has 0 fully saturated rings. The maximum absolute atomic E-state index is 13.0. The SMILES string of the molecule is Cc1nc2ccc(CC(=O)N3Cc4nnc(Cc5ccccc5)n4[C@@H](C)C3)cc2[nH]1. The largest absolute Gasteiger partial charge is 0.342 e. The molecule has 1 N–H and O–H groups in total. The second-order valence-electron chi connectivity index (χ2n) is 8.04. The van der Waals surface area contributed by atoms with Crippen LogP contribution < -0.4 is 0 Å². The first-order valence-electron chi connectivity index (χ1n) is 10.3. The lowest BCUT2D eigenvalue weighted by Crippen LogP contribution is -2.41. The van der Waals surface area contributed by atoms with Gasteiger partial charge in [0.1, 0.15) is 11.6 Å². The number of amides is 1. The molecule has 0 aliphatic carbocycles. The van der Waals surface area contributed by atoms with Crippen molar-refractivity contribution >= 4 is 16.9 Å². The van der Waals surface area contributed by atoms with E-state index in [1.807, 2.05) is 48.2 Å². The van der Waals surface area contributed by atoms with E-state index in [4.69, 9.17) is 0 Å². The Bertz CT molecular complexity index is 1210. The van der Waals surface area contributed by atoms with Gasteiger partial charge in [-0.25, -0.2) is 4.98 Å². The van der Waals surface area contributed by atoms with Gasteiger partial charge in [0.05, 0.1) is 30.0 Å². The number of nitrogens with zero attached hydrogens (tertiary/aromatic N) is 5. The van der Waals surface area contributed by atoms with Gasteiger partial charge in [-0.3, -0.25) is 4.79 Å². The predicted octanol–water partition coefficient (Wildman–Crippen LogP) is 3.20. The van der Waals surface area contributed by atoms with Gasteiger partial charge in [0, 0.05) is 13.0 Å². The summed E-state index contributed by atoms with van der Waals surface area (Å²) >= 11 is 0. The minimum Gasteiger partial charge on any atom is -0.342 e. The lowest BCUT2D eigenvalue weighted by Gasteiger charge is -2.32. The molecule has 2 aromatic carbocycles. The van der Waals surface area contributed by atoms with E-state index in [-0.39, 0.29) is 11.9 Å². The molecule has 0 unspecified atom stereocenters. The molecule has 152 valence electrons. The highest BCUT2D eigenvalue weighted by Crippen LogP contribution is 2.24. The molecule has 0 saturated heterocycles. The Labute approximate surface area is 174 Å². The molecule has 1 aliphatic rings. The molecule has 3 heterocycles. The van der Waals surface area contributed by atoms with Gasteiger partial charge in [-0.1, -0.05) is 36.4 Å². The molecule has 1 atom stereocenters. The van der Waals surface area contributed by atoms with Crippen LogP contribution in [0.1, 0.15) is 41.6 Å². The van der Waals surface area contributed by atoms with Crippen LogP contribution in [0.4, 0.5) is 0 Å². The van der Waals surface area contributed by atoms with Crippen molar-refractivity contribution in [3.05, 3.63) is 77.1 Å². The number of rotatable bonds is 4. The summed E-state index contributed by atoms with van der Waals surface area (Å²) in [5.41, 5.74) is 4.09. The Kier molecular flexibility index (Phi) is 4.58. The molecule has 1 aliphatic heterocycles. The molecule has 2 aromatic heterocycles. The fourth-order valence-electron chi connectivity index (χ4n) is 4.28. The first kappa shape index (κ1) is 18.5. The highest BCUT2D eigenvalue weighted by atomic mass is 16.2. The van der Waals surface area contributed by atoms with E-state index >= 15 is 0 Å². The fourth-order valence-corrected chi connectivity index (χ4v) is 4.28. The summed E-state index contributed by atoms with van der Waals surface area (Å²) in [6.45, 7) is 5.22. The molecule has 7 heteroatoms. The zero-order valence-electron chi connectivity index (χ0n) is 17.2. The Morgan fingerprint density at radius 1 is 1.13 bits per heavy atom. The molecule has 30 heavy (non-hydrogen) atoms. The van der Waals surface area contributed by atoms with Crippen LogP contribution in [0.2, 0.25) is 0 Å². The number of aromatic amines is 1. The van der Waals surface area contributed by atoms with E-state index < -0.39 is 0 Å². The third kappa shape index (κ3) is 3.47. The lowest BCUT2D eigenvalue weighted by molar-refractivity contribution is -0.132. The summed E-state index contributed by atoms with van der Waals surface area (Å²) < 4.78 is 2.19. The monoisotopic (exact) mass is 400 g/mol. The molecule has 5 rings (SSSR count). The number of fused-ring (bicyclic) bond motifs is 2. The van der Waals surface area contributed by atoms with E-state index in [9.17, 15) is 4.79 Å². The van der Waals surface area contributed by atoms with Crippen LogP contribution in [0.15, 0.2) is 48.5 Å². The summed E-state index contributed by atoms with van der Waals surface area (Å²) in [4.78, 5) is 22.6. The number of aryl methyl sites for hydroxylation is 1. The average molecular weight is 400 g/mol. The topological polar surface area (TPSA) is 79.7 Å². The van der Waals surface area contributed by atoms with Crippen LogP contribution in [-0.2, 0) is 24.2 Å². The van der Waals surface area contributed by atoms with Crippen molar-refractivity contribution in [3.8, 4) is 0 Å². The van der Waals surface area contributed by atoms with Crippen LogP contribution in [0.5, 0.6) is 0 Å². The standard InChI is InChI=1S/C23H24N6O/c1-15-13-28(23(30)12-18-8-9-19-20(10-18)25-16(2)24-19)14-22-27-26-21(29(15)22)11-17-6-4-3-5-7-17/h3-10,15H,11-14H2,1-2H3,(H,24,25)/t15-/m0/s1. The third-order valence-corrected chi connectivity index (χ3v) is 5.67. The average Bonchev–Trinajstić information content (AvgIpc) is 3.31. The van der Waals surface area contributed by atoms with E-state index in [1.54, 1.807) is 0 Å². The first-order chi connectivity index (χ1) is 14.6. The summed E-state index contributed by atoms with van der Waals surface area (Å²) in [6, 6.07) is 16.4. The molecule has 0 spiro atoms. The Morgan fingerprint density at radius 3 is 2.80 bits per heavy atom. The molecule has 7 nitrogen and oxygen atoms in total. The first-order valence-corrected chi connectivity index (χ1v) is 10.3. The van der Waals surface area contributed by atoms with Crippen molar-refractivity contribution in [2.75, 3.05) is 6.54 Å². The van der Waals surface area contributed by atoms with Crippen molar-refractivity contribution in [2.45, 2.75) is 39.3 Å². The van der Waals surface area contributed by atoms with Crippen molar-refractivity contribution in [2.24, 2.45) is 0 Å². The molecule has 0 radical (unpaired) electrons. The number of benzene rings is 2. The second-order valence-corrected chi connectivity index (χ2v) is 8.04. The summed E-state index contributed by atoms with van der Waals surface area (Å²) in [5.74, 6) is 2.80. The number of H-pyrrole nitrogens is 1. The zero-order chi connectivity index (χ0) is 20.7. The highest BCUT2D eigenvalue weighted by molar-refractivity contribution is 5.82. The van der Waals surface area contributed by atoms with Crippen LogP contribution in [0.3, 0.4) is 0 Å². The molecular formula is C23H24N6O. The molecular weight excluding hydrogens is 376 g/mol. The summed E-state index contributed by atoms with van der Waals surface area (Å²) in [6.07, 6.45) is 1.11. The van der Waals surface area contributed by atoms with Gasteiger partial charge in [0.15, 0.2) is 5.82 Å². The maximum Gasteiger partial charge on any atom is 0.227 e. The van der Waals surface area contributed by atoms with Gasteiger partial charge >= 0.3 is 0 Å². The molecule has 1 amide bonds. The number of carbonyl (C=O) groups excluding carboxylic acids is 1. The quantitative estimate of drug-likeness (QED) is 0.571. The number of hydrogen-bond acceptors (Lipinski definition) is 4. The maximum atomic E-state index is 13.0. The van der Waals surface area contributed by atoms with Crippen molar-refractivity contribution < 1.29 is 4.79 Å². The van der Waals surface area contributed by atoms with Gasteiger partial charge in [0.25, 0.3) is 0 Å². The molecule has 4 aromatic rings. The van der Waals surface area contributed by atoms with E-state index in [1.165, 1.54) is 5.56 Å². The minimum absolute atomic E-state index is 0.108. The van der Waals surface area contributed by atoms with E-state index in [0.29, 0.717) is 19.5 Å². The predicted molar refractivity (Wildman–Crippen MR) is 114 cm³/mol. The number of hydrogen-bond donors (Lipinski definition) is 1. The van der Waals surface area contributed by atoms with Crippen molar-refractivity contribution in [1.29, 1.82) is 0 Å². The van der Waals surface area contributed by atoms with Gasteiger partial charge in [-0.15, -0.1) is 10.2 Å². The molecule has 0 bridgehead atoms. The Hall–Kier alpha value is -3.48. The minimum atomic E-state index is 0.108. The Balaban J connectivity index is 1.32. The molecule has 0 saturated carbocycles. The van der Waals surface area contributed by atoms with Crippen molar-refractivity contribution in [1.82, 2.24) is 29.6 Å². The third-order valence-electron chi connectivity index (χ3n) is 5.67. The smallest absolute Gasteiger partial charge is 0.227 e. The van der Waals surface area contributed by atoms with Crippen LogP contribution in [0.25, 0.3) is 11.0 Å². The highest BCUT2D eigenvalue weighted by Gasteiger charge is 2.29. The van der Waals surface area contributed by atoms with E-state index in [0.717, 1.165) is 40.5 Å². The van der Waals surface area contributed by atoms with Gasteiger partial charge < -0.3 is 14.5 Å². The van der Waals surface area contributed by atoms with Crippen molar-refractivity contribution in [3.63, 3.8) is 0 Å². The number of imidazole rings is 1. The normalized spacial score (nSPS) is 16.1. The van der Waals surface area contributed by atoms with Crippen LogP contribution in [-0.4, -0.2) is 42.1 Å². The second kappa shape index (κ2) is 7.40. The van der Waals surface area contributed by atoms with Gasteiger partial charge in [-0.05, 0) is 37.1 Å². The van der Waals surface area contributed by atoms with Gasteiger partial charge in [-0.2, -0.15) is 0 Å². The van der Waals surface area contributed by atoms with Crippen LogP contribution >= 0.6 is 0 Å². The van der Waals surface area contributed by atoms with E-state index in [2.05, 4.69) is 43.8 Å². The lowest BCUT2D eigenvalue weighted by atomic mass is 10.1. The number of aromatic nitrogens is 5. The number of nitrogens with one attached hydrogen (secondary N) is 1. The summed E-state index contributed by atoms with van der Waals surface area (Å²) in [7, 11) is 0. The number of carbonyl (C=O) groups is 1. The van der Waals surface area contributed by atoms with Crippen LogP contribution in [0, 0.1) is 6.92 Å². The Morgan fingerprint density at radius 2 is 1.97 bits per heavy atom. The zero-order valence-corrected chi connectivity index (χ0v) is 17.2. The fraction of sp³-hybridized carbons (Fsp3) is 0.304. The van der Waals surface area contributed by atoms with Gasteiger partial charge in [0.2, 0.25) is 5.91 Å². The summed E-state index contributed by atoms with van der Waals surface area (Å²) in [5, 5.41) is 8.81.